The van der Waals surface area contributed by atoms with E-state index in [1.54, 1.807) is 6.92 Å². The minimum absolute atomic E-state index is 0.0231. The molecule has 2 rings (SSSR count). The Balaban J connectivity index is 2.61. The first-order valence-corrected chi connectivity index (χ1v) is 4.91. The topological polar surface area (TPSA) is 87.0 Å². The van der Waals surface area contributed by atoms with Gasteiger partial charge in [0.1, 0.15) is 23.7 Å². The molecule has 0 unspecified atom stereocenters. The van der Waals surface area contributed by atoms with Gasteiger partial charge >= 0.3 is 5.97 Å². The lowest BCUT2D eigenvalue weighted by Gasteiger charge is -2.27. The fourth-order valence-corrected chi connectivity index (χ4v) is 1.87. The van der Waals surface area contributed by atoms with E-state index in [1.807, 2.05) is 0 Å². The molecule has 1 aromatic rings. The van der Waals surface area contributed by atoms with E-state index in [4.69, 9.17) is 4.74 Å². The molecule has 86 valence electrons. The fourth-order valence-electron chi connectivity index (χ4n) is 1.87. The molecule has 5 heteroatoms. The Labute approximate surface area is 91.9 Å². The van der Waals surface area contributed by atoms with Gasteiger partial charge in [0, 0.05) is 12.0 Å². The number of phenolic OH excluding ortho intramolecular Hbond substituents is 2. The molecule has 0 radical (unpaired) electrons. The second kappa shape index (κ2) is 3.68. The van der Waals surface area contributed by atoms with E-state index in [1.165, 1.54) is 6.07 Å². The van der Waals surface area contributed by atoms with Crippen LogP contribution in [0.4, 0.5) is 0 Å². The molecule has 1 aliphatic heterocycles. The van der Waals surface area contributed by atoms with Crippen molar-refractivity contribution in [3.8, 4) is 11.5 Å². The van der Waals surface area contributed by atoms with Crippen LogP contribution >= 0.6 is 0 Å². The molecule has 0 bridgehead atoms. The Morgan fingerprint density at radius 2 is 2.12 bits per heavy atom. The fraction of sp³-hybridized carbons (Fsp3) is 0.364. The predicted octanol–water partition coefficient (Wildman–Crippen LogP) is 0.733. The van der Waals surface area contributed by atoms with Crippen LogP contribution in [-0.2, 0) is 4.74 Å². The van der Waals surface area contributed by atoms with Crippen molar-refractivity contribution < 1.29 is 24.9 Å². The second-order valence-corrected chi connectivity index (χ2v) is 3.87. The van der Waals surface area contributed by atoms with Crippen molar-refractivity contribution in [1.29, 1.82) is 0 Å². The molecule has 0 saturated heterocycles. The number of hydrogen-bond donors (Lipinski definition) is 3. The van der Waals surface area contributed by atoms with Crippen molar-refractivity contribution in [1.82, 2.24) is 0 Å². The zero-order valence-electron chi connectivity index (χ0n) is 8.67. The Hall–Kier alpha value is -1.75. The first-order valence-electron chi connectivity index (χ1n) is 4.91. The third kappa shape index (κ3) is 1.59. The maximum Gasteiger partial charge on any atom is 0.342 e. The van der Waals surface area contributed by atoms with Crippen LogP contribution in [0.1, 0.15) is 28.8 Å². The van der Waals surface area contributed by atoms with Crippen molar-refractivity contribution in [2.75, 3.05) is 6.61 Å². The number of ether oxygens (including phenoxy) is 1. The van der Waals surface area contributed by atoms with Crippen LogP contribution in [0, 0.1) is 0 Å². The van der Waals surface area contributed by atoms with Gasteiger partial charge < -0.3 is 20.1 Å². The molecule has 0 aliphatic carbocycles. The molecule has 1 heterocycles. The highest BCUT2D eigenvalue weighted by molar-refractivity contribution is 5.95. The van der Waals surface area contributed by atoms with Gasteiger partial charge in [-0.05, 0) is 18.6 Å². The zero-order chi connectivity index (χ0) is 11.9. The largest absolute Gasteiger partial charge is 0.508 e. The number of rotatable bonds is 1. The SMILES string of the molecule is C[C@H](O)[C@H]1COC(=O)c2c(O)cc(O)cc21. The number of phenols is 2. The second-order valence-electron chi connectivity index (χ2n) is 3.87. The number of benzene rings is 1. The quantitative estimate of drug-likeness (QED) is 0.612. The summed E-state index contributed by atoms with van der Waals surface area (Å²) in [5.41, 5.74) is 0.443. The molecule has 0 amide bonds. The first kappa shape index (κ1) is 10.8. The summed E-state index contributed by atoms with van der Waals surface area (Å²) in [5, 5.41) is 28.5. The molecule has 0 saturated carbocycles. The van der Waals surface area contributed by atoms with Crippen LogP contribution in [-0.4, -0.2) is 34.0 Å². The third-order valence-electron chi connectivity index (χ3n) is 2.71. The average molecular weight is 224 g/mol. The van der Waals surface area contributed by atoms with Crippen LogP contribution in [0.25, 0.3) is 0 Å². The molecule has 0 fully saturated rings. The molecule has 1 aromatic carbocycles. The highest BCUT2D eigenvalue weighted by atomic mass is 16.5. The van der Waals surface area contributed by atoms with Gasteiger partial charge in [-0.3, -0.25) is 0 Å². The van der Waals surface area contributed by atoms with Gasteiger partial charge in [-0.25, -0.2) is 4.79 Å². The summed E-state index contributed by atoms with van der Waals surface area (Å²) in [7, 11) is 0. The molecule has 3 N–H and O–H groups in total. The number of carbonyl (C=O) groups excluding carboxylic acids is 1. The summed E-state index contributed by atoms with van der Waals surface area (Å²) in [5.74, 6) is -1.53. The summed E-state index contributed by atoms with van der Waals surface area (Å²) in [6, 6.07) is 2.44. The minimum Gasteiger partial charge on any atom is -0.508 e. The van der Waals surface area contributed by atoms with E-state index in [9.17, 15) is 20.1 Å². The summed E-state index contributed by atoms with van der Waals surface area (Å²) in [6.07, 6.45) is -0.729. The Morgan fingerprint density at radius 3 is 2.75 bits per heavy atom. The molecule has 16 heavy (non-hydrogen) atoms. The Morgan fingerprint density at radius 1 is 1.44 bits per heavy atom. The van der Waals surface area contributed by atoms with E-state index < -0.39 is 18.0 Å². The average Bonchev–Trinajstić information content (AvgIpc) is 2.15. The van der Waals surface area contributed by atoms with E-state index in [-0.39, 0.29) is 23.7 Å². The van der Waals surface area contributed by atoms with Crippen molar-refractivity contribution >= 4 is 5.97 Å². The smallest absolute Gasteiger partial charge is 0.342 e. The van der Waals surface area contributed by atoms with Crippen molar-refractivity contribution in [2.24, 2.45) is 0 Å². The summed E-state index contributed by atoms with van der Waals surface area (Å²) >= 11 is 0. The number of fused-ring (bicyclic) bond motifs is 1. The van der Waals surface area contributed by atoms with Gasteiger partial charge in [0.25, 0.3) is 0 Å². The summed E-state index contributed by atoms with van der Waals surface area (Å²) in [4.78, 5) is 11.4. The number of hydrogen-bond acceptors (Lipinski definition) is 5. The molecular weight excluding hydrogens is 212 g/mol. The van der Waals surface area contributed by atoms with Crippen LogP contribution in [0.3, 0.4) is 0 Å². The molecule has 2 atom stereocenters. The molecule has 0 aromatic heterocycles. The van der Waals surface area contributed by atoms with Gasteiger partial charge in [0.15, 0.2) is 0 Å². The molecule has 5 nitrogen and oxygen atoms in total. The van der Waals surface area contributed by atoms with Crippen molar-refractivity contribution in [2.45, 2.75) is 18.9 Å². The lowest BCUT2D eigenvalue weighted by atomic mass is 9.88. The lowest BCUT2D eigenvalue weighted by Crippen LogP contribution is -2.29. The monoisotopic (exact) mass is 224 g/mol. The Bertz CT molecular complexity index is 438. The van der Waals surface area contributed by atoms with Gasteiger partial charge in [-0.2, -0.15) is 0 Å². The van der Waals surface area contributed by atoms with Crippen LogP contribution in [0.2, 0.25) is 0 Å². The van der Waals surface area contributed by atoms with Gasteiger partial charge in [-0.15, -0.1) is 0 Å². The van der Waals surface area contributed by atoms with E-state index in [0.717, 1.165) is 6.07 Å². The number of aliphatic hydroxyl groups excluding tert-OH is 1. The standard InChI is InChI=1S/C11H12O5/c1-5(12)8-4-16-11(15)10-7(8)2-6(13)3-9(10)14/h2-3,5,8,12-14H,4H2,1H3/t5-,8+/m0/s1. The van der Waals surface area contributed by atoms with E-state index in [0.29, 0.717) is 5.56 Å². The van der Waals surface area contributed by atoms with Crippen LogP contribution in [0.15, 0.2) is 12.1 Å². The van der Waals surface area contributed by atoms with E-state index in [2.05, 4.69) is 0 Å². The van der Waals surface area contributed by atoms with Crippen LogP contribution in [0.5, 0.6) is 11.5 Å². The lowest BCUT2D eigenvalue weighted by molar-refractivity contribution is 0.0325. The minimum atomic E-state index is -0.729. The maximum atomic E-state index is 11.4. The first-order chi connectivity index (χ1) is 7.50. The van der Waals surface area contributed by atoms with Gasteiger partial charge in [0.2, 0.25) is 0 Å². The summed E-state index contributed by atoms with van der Waals surface area (Å²) < 4.78 is 4.86. The van der Waals surface area contributed by atoms with Gasteiger partial charge in [0.05, 0.1) is 6.10 Å². The number of esters is 1. The van der Waals surface area contributed by atoms with Crippen LogP contribution < -0.4 is 0 Å². The predicted molar refractivity (Wildman–Crippen MR) is 54.5 cm³/mol. The van der Waals surface area contributed by atoms with Crippen molar-refractivity contribution in [3.05, 3.63) is 23.3 Å². The maximum absolute atomic E-state index is 11.4. The number of carbonyl (C=O) groups is 1. The summed E-state index contributed by atoms with van der Waals surface area (Å²) in [6.45, 7) is 1.61. The Kier molecular flexibility index (Phi) is 2.47. The van der Waals surface area contributed by atoms with Crippen molar-refractivity contribution in [3.63, 3.8) is 0 Å². The molecular formula is C11H12O5. The number of cyclic esters (lactones) is 1. The number of aliphatic hydroxyl groups is 1. The zero-order valence-corrected chi connectivity index (χ0v) is 8.67. The number of aromatic hydroxyl groups is 2. The highest BCUT2D eigenvalue weighted by Crippen LogP contribution is 2.37. The molecule has 0 spiro atoms. The normalized spacial score (nSPS) is 21.1. The van der Waals surface area contributed by atoms with Gasteiger partial charge in [-0.1, -0.05) is 0 Å². The van der Waals surface area contributed by atoms with E-state index >= 15 is 0 Å². The molecule has 1 aliphatic rings. The third-order valence-corrected chi connectivity index (χ3v) is 2.71. The highest BCUT2D eigenvalue weighted by Gasteiger charge is 2.32.